The minimum atomic E-state index is -0.432. The molecule has 2 rings (SSSR count). The largest absolute Gasteiger partial charge is 0.461 e. The molecule has 0 spiro atoms. The second-order valence-corrected chi connectivity index (χ2v) is 3.88. The van der Waals surface area contributed by atoms with Gasteiger partial charge in [0, 0.05) is 12.3 Å². The Morgan fingerprint density at radius 3 is 3.14 bits per heavy atom. The summed E-state index contributed by atoms with van der Waals surface area (Å²) in [6.45, 7) is 3.63. The standard InChI is InChI=1S/C11H14O3/c1-2-3-10-9-6-7(12)4-5-8(9)11(13)14-10/h2,4-5,7-10,12H,1,3,6H2. The van der Waals surface area contributed by atoms with E-state index in [0.29, 0.717) is 12.8 Å². The lowest BCUT2D eigenvalue weighted by atomic mass is 9.80. The first-order valence-electron chi connectivity index (χ1n) is 4.90. The van der Waals surface area contributed by atoms with Gasteiger partial charge in [0.15, 0.2) is 0 Å². The Kier molecular flexibility index (Phi) is 2.42. The van der Waals surface area contributed by atoms with E-state index >= 15 is 0 Å². The van der Waals surface area contributed by atoms with E-state index in [1.807, 2.05) is 0 Å². The van der Waals surface area contributed by atoms with E-state index in [2.05, 4.69) is 6.58 Å². The van der Waals surface area contributed by atoms with Crippen molar-refractivity contribution in [3.63, 3.8) is 0 Å². The van der Waals surface area contributed by atoms with Gasteiger partial charge in [-0.3, -0.25) is 4.79 Å². The van der Waals surface area contributed by atoms with Gasteiger partial charge in [-0.2, -0.15) is 0 Å². The van der Waals surface area contributed by atoms with Gasteiger partial charge in [0.05, 0.1) is 12.0 Å². The maximum Gasteiger partial charge on any atom is 0.313 e. The maximum absolute atomic E-state index is 11.4. The van der Waals surface area contributed by atoms with Crippen LogP contribution in [0, 0.1) is 11.8 Å². The lowest BCUT2D eigenvalue weighted by molar-refractivity contribution is -0.143. The average Bonchev–Trinajstić information content (AvgIpc) is 2.44. The number of fused-ring (bicyclic) bond motifs is 1. The van der Waals surface area contributed by atoms with Crippen molar-refractivity contribution in [2.24, 2.45) is 11.8 Å². The van der Waals surface area contributed by atoms with Crippen LogP contribution in [-0.2, 0) is 9.53 Å². The molecule has 1 aliphatic carbocycles. The molecule has 1 saturated heterocycles. The van der Waals surface area contributed by atoms with E-state index in [1.165, 1.54) is 0 Å². The molecule has 1 aliphatic heterocycles. The summed E-state index contributed by atoms with van der Waals surface area (Å²) in [6.07, 6.45) is 5.97. The molecule has 14 heavy (non-hydrogen) atoms. The highest BCUT2D eigenvalue weighted by atomic mass is 16.6. The van der Waals surface area contributed by atoms with Crippen molar-refractivity contribution in [1.82, 2.24) is 0 Å². The Balaban J connectivity index is 2.16. The normalized spacial score (nSPS) is 40.5. The van der Waals surface area contributed by atoms with Gasteiger partial charge in [-0.05, 0) is 6.42 Å². The van der Waals surface area contributed by atoms with Crippen LogP contribution in [0.3, 0.4) is 0 Å². The summed E-state index contributed by atoms with van der Waals surface area (Å²) in [5.41, 5.74) is 0. The number of aliphatic hydroxyl groups is 1. The predicted octanol–water partition coefficient (Wildman–Crippen LogP) is 1.04. The van der Waals surface area contributed by atoms with Gasteiger partial charge < -0.3 is 9.84 Å². The first kappa shape index (κ1) is 9.46. The van der Waals surface area contributed by atoms with Crippen molar-refractivity contribution in [1.29, 1.82) is 0 Å². The highest BCUT2D eigenvalue weighted by Gasteiger charge is 2.44. The molecule has 1 fully saturated rings. The number of esters is 1. The quantitative estimate of drug-likeness (QED) is 0.527. The molecule has 0 radical (unpaired) electrons. The van der Waals surface area contributed by atoms with Crippen molar-refractivity contribution in [3.05, 3.63) is 24.8 Å². The Morgan fingerprint density at radius 1 is 1.64 bits per heavy atom. The van der Waals surface area contributed by atoms with E-state index in [1.54, 1.807) is 18.2 Å². The summed E-state index contributed by atoms with van der Waals surface area (Å²) in [7, 11) is 0. The molecule has 2 aliphatic rings. The summed E-state index contributed by atoms with van der Waals surface area (Å²) < 4.78 is 5.22. The van der Waals surface area contributed by atoms with Gasteiger partial charge in [0.1, 0.15) is 6.10 Å². The summed E-state index contributed by atoms with van der Waals surface area (Å²) in [5, 5.41) is 9.45. The van der Waals surface area contributed by atoms with Crippen LogP contribution >= 0.6 is 0 Å². The van der Waals surface area contributed by atoms with Gasteiger partial charge in [0.25, 0.3) is 0 Å². The zero-order valence-electron chi connectivity index (χ0n) is 7.93. The number of cyclic esters (lactones) is 1. The van der Waals surface area contributed by atoms with E-state index in [0.717, 1.165) is 0 Å². The molecule has 1 N–H and O–H groups in total. The van der Waals surface area contributed by atoms with Gasteiger partial charge in [0.2, 0.25) is 0 Å². The smallest absolute Gasteiger partial charge is 0.313 e. The van der Waals surface area contributed by atoms with Gasteiger partial charge >= 0.3 is 5.97 Å². The van der Waals surface area contributed by atoms with Gasteiger partial charge in [-0.1, -0.05) is 18.2 Å². The second-order valence-electron chi connectivity index (χ2n) is 3.88. The average molecular weight is 194 g/mol. The number of ether oxygens (including phenoxy) is 1. The van der Waals surface area contributed by atoms with Crippen molar-refractivity contribution in [2.75, 3.05) is 0 Å². The molecular formula is C11H14O3. The third-order valence-corrected chi connectivity index (χ3v) is 2.93. The fourth-order valence-electron chi connectivity index (χ4n) is 2.23. The molecule has 0 bridgehead atoms. The van der Waals surface area contributed by atoms with Crippen LogP contribution in [0.15, 0.2) is 24.8 Å². The molecule has 0 aromatic carbocycles. The molecular weight excluding hydrogens is 180 g/mol. The second kappa shape index (κ2) is 3.58. The van der Waals surface area contributed by atoms with Crippen LogP contribution in [-0.4, -0.2) is 23.3 Å². The summed E-state index contributed by atoms with van der Waals surface area (Å²) >= 11 is 0. The van der Waals surface area contributed by atoms with Gasteiger partial charge in [-0.15, -0.1) is 6.58 Å². The molecule has 0 saturated carbocycles. The topological polar surface area (TPSA) is 46.5 Å². The number of hydrogen-bond donors (Lipinski definition) is 1. The highest BCUT2D eigenvalue weighted by molar-refractivity contribution is 5.77. The number of carbonyl (C=O) groups is 1. The summed E-state index contributed by atoms with van der Waals surface area (Å²) in [6, 6.07) is 0. The van der Waals surface area contributed by atoms with Crippen LogP contribution in [0.25, 0.3) is 0 Å². The lowest BCUT2D eigenvalue weighted by Crippen LogP contribution is -2.27. The van der Waals surface area contributed by atoms with Crippen LogP contribution in [0.2, 0.25) is 0 Å². The first-order chi connectivity index (χ1) is 6.72. The molecule has 76 valence electrons. The molecule has 3 nitrogen and oxygen atoms in total. The number of carbonyl (C=O) groups excluding carboxylic acids is 1. The van der Waals surface area contributed by atoms with Crippen LogP contribution in [0.1, 0.15) is 12.8 Å². The molecule has 3 heteroatoms. The van der Waals surface area contributed by atoms with Crippen molar-refractivity contribution in [2.45, 2.75) is 25.0 Å². The molecule has 4 unspecified atom stereocenters. The Hall–Kier alpha value is -1.09. The minimum absolute atomic E-state index is 0.0930. The molecule has 0 amide bonds. The predicted molar refractivity (Wildman–Crippen MR) is 51.4 cm³/mol. The van der Waals surface area contributed by atoms with Crippen molar-refractivity contribution < 1.29 is 14.6 Å². The zero-order chi connectivity index (χ0) is 10.1. The van der Waals surface area contributed by atoms with E-state index < -0.39 is 6.10 Å². The Morgan fingerprint density at radius 2 is 2.43 bits per heavy atom. The third kappa shape index (κ3) is 1.48. The third-order valence-electron chi connectivity index (χ3n) is 2.93. The van der Waals surface area contributed by atoms with Crippen LogP contribution < -0.4 is 0 Å². The Bertz CT molecular complexity index is 282. The molecule has 1 heterocycles. The van der Waals surface area contributed by atoms with Crippen molar-refractivity contribution >= 4 is 5.97 Å². The van der Waals surface area contributed by atoms with E-state index in [9.17, 15) is 9.90 Å². The highest BCUT2D eigenvalue weighted by Crippen LogP contribution is 2.37. The fraction of sp³-hybridized carbons (Fsp3) is 0.545. The summed E-state index contributed by atoms with van der Waals surface area (Å²) in [4.78, 5) is 11.4. The molecule has 0 aromatic rings. The zero-order valence-corrected chi connectivity index (χ0v) is 7.93. The van der Waals surface area contributed by atoms with Crippen molar-refractivity contribution in [3.8, 4) is 0 Å². The van der Waals surface area contributed by atoms with E-state index in [-0.39, 0.29) is 23.9 Å². The van der Waals surface area contributed by atoms with Gasteiger partial charge in [-0.25, -0.2) is 0 Å². The SMILES string of the molecule is C=CCC1OC(=O)C2C=CC(O)CC12. The Labute approximate surface area is 83.1 Å². The van der Waals surface area contributed by atoms with Crippen LogP contribution in [0.4, 0.5) is 0 Å². The first-order valence-corrected chi connectivity index (χ1v) is 4.90. The summed E-state index contributed by atoms with van der Waals surface area (Å²) in [5.74, 6) is -0.186. The number of aliphatic hydroxyl groups excluding tert-OH is 1. The maximum atomic E-state index is 11.4. The number of hydrogen-bond acceptors (Lipinski definition) is 3. The van der Waals surface area contributed by atoms with Crippen LogP contribution in [0.5, 0.6) is 0 Å². The van der Waals surface area contributed by atoms with E-state index in [4.69, 9.17) is 4.74 Å². The fourth-order valence-corrected chi connectivity index (χ4v) is 2.23. The monoisotopic (exact) mass is 194 g/mol. The number of rotatable bonds is 2. The minimum Gasteiger partial charge on any atom is -0.461 e. The molecule has 4 atom stereocenters. The lowest BCUT2D eigenvalue weighted by Gasteiger charge is -2.23. The molecule has 0 aromatic heterocycles.